The monoisotopic (exact) mass is 555 g/mol. The second-order valence-electron chi connectivity index (χ2n) is 8.85. The van der Waals surface area contributed by atoms with Gasteiger partial charge in [0.1, 0.15) is 17.9 Å². The summed E-state index contributed by atoms with van der Waals surface area (Å²) in [5, 5.41) is 0. The van der Waals surface area contributed by atoms with Crippen molar-refractivity contribution in [2.24, 2.45) is 0 Å². The summed E-state index contributed by atoms with van der Waals surface area (Å²) in [5.74, 6) is -3.42. The first-order valence-corrected chi connectivity index (χ1v) is 12.3. The van der Waals surface area contributed by atoms with E-state index in [1.807, 2.05) is 0 Å². The third kappa shape index (κ3) is 6.36. The van der Waals surface area contributed by atoms with Gasteiger partial charge in [0.2, 0.25) is 5.78 Å². The fourth-order valence-corrected chi connectivity index (χ4v) is 4.03. The predicted octanol–water partition coefficient (Wildman–Crippen LogP) is 2.08. The molecule has 2 N–H and O–H groups in total. The Labute approximate surface area is 233 Å². The highest BCUT2D eigenvalue weighted by Crippen LogP contribution is 2.13. The van der Waals surface area contributed by atoms with Gasteiger partial charge < -0.3 is 15.2 Å². The molecule has 0 spiro atoms. The smallest absolute Gasteiger partial charge is 0.338 e. The molecule has 11 heteroatoms. The molecule has 1 heterocycles. The second-order valence-corrected chi connectivity index (χ2v) is 8.85. The van der Waals surface area contributed by atoms with Crippen LogP contribution >= 0.6 is 0 Å². The summed E-state index contributed by atoms with van der Waals surface area (Å²) in [5.41, 5.74) is 5.01. The zero-order valence-electron chi connectivity index (χ0n) is 21.9. The van der Waals surface area contributed by atoms with E-state index in [-0.39, 0.29) is 17.9 Å². The van der Waals surface area contributed by atoms with Gasteiger partial charge in [0.15, 0.2) is 12.4 Å². The maximum absolute atomic E-state index is 13.1. The number of anilines is 1. The number of nitrogen functional groups attached to an aromatic ring is 1. The number of nitrogens with two attached hydrogens (primary N) is 1. The topological polar surface area (TPSA) is 157 Å². The fraction of sp³-hybridized carbons (Fsp3) is 0.133. The number of nitrogens with zero attached hydrogens (tertiary/aromatic N) is 2. The van der Waals surface area contributed by atoms with Gasteiger partial charge >= 0.3 is 17.6 Å². The molecule has 3 aromatic carbocycles. The van der Waals surface area contributed by atoms with Crippen molar-refractivity contribution in [1.82, 2.24) is 9.13 Å². The van der Waals surface area contributed by atoms with E-state index in [4.69, 9.17) is 10.5 Å². The van der Waals surface area contributed by atoms with Crippen LogP contribution in [0.15, 0.2) is 94.5 Å². The van der Waals surface area contributed by atoms with Crippen LogP contribution in [0, 0.1) is 0 Å². The van der Waals surface area contributed by atoms with Crippen molar-refractivity contribution in [3.63, 3.8) is 0 Å². The molecule has 4 aromatic rings. The molecule has 4 rings (SSSR count). The van der Waals surface area contributed by atoms with Gasteiger partial charge in [-0.15, -0.1) is 0 Å². The molecule has 11 nitrogen and oxygen atoms in total. The highest BCUT2D eigenvalue weighted by Gasteiger charge is 2.25. The van der Waals surface area contributed by atoms with Crippen LogP contribution in [0.5, 0.6) is 0 Å². The molecule has 0 aliphatic carbocycles. The largest absolute Gasteiger partial charge is 0.468 e. The van der Waals surface area contributed by atoms with Crippen LogP contribution in [0.2, 0.25) is 0 Å². The van der Waals surface area contributed by atoms with Crippen LogP contribution in [-0.2, 0) is 27.4 Å². The molecule has 41 heavy (non-hydrogen) atoms. The van der Waals surface area contributed by atoms with Crippen molar-refractivity contribution in [2.45, 2.75) is 13.1 Å². The average molecular weight is 556 g/mol. The lowest BCUT2D eigenvalue weighted by Gasteiger charge is -2.16. The predicted molar refractivity (Wildman–Crippen MR) is 148 cm³/mol. The zero-order chi connectivity index (χ0) is 29.5. The summed E-state index contributed by atoms with van der Waals surface area (Å²) in [6.07, 6.45) is 0. The Bertz CT molecular complexity index is 1720. The number of benzene rings is 3. The summed E-state index contributed by atoms with van der Waals surface area (Å²) >= 11 is 0. The Balaban J connectivity index is 1.57. The lowest BCUT2D eigenvalue weighted by atomic mass is 10.0. The molecule has 208 valence electrons. The normalized spacial score (nSPS) is 10.6. The van der Waals surface area contributed by atoms with E-state index in [2.05, 4.69) is 4.74 Å². The highest BCUT2D eigenvalue weighted by atomic mass is 16.5. The maximum atomic E-state index is 13.1. The SMILES string of the molecule is COC(=O)Cn1c(=O)c(C(=O)COC(=O)c2ccc(C(=O)c3ccccc3)cc2)c(N)n(Cc2ccccc2)c1=O. The number of ether oxygens (including phenoxy) is 2. The molecule has 0 saturated heterocycles. The van der Waals surface area contributed by atoms with E-state index >= 15 is 0 Å². The minimum Gasteiger partial charge on any atom is -0.468 e. The molecule has 0 bridgehead atoms. The first kappa shape index (κ1) is 28.4. The molecular weight excluding hydrogens is 530 g/mol. The third-order valence-corrected chi connectivity index (χ3v) is 6.20. The van der Waals surface area contributed by atoms with Crippen molar-refractivity contribution < 1.29 is 28.7 Å². The number of esters is 2. The molecule has 0 radical (unpaired) electrons. The van der Waals surface area contributed by atoms with Gasteiger partial charge in [0, 0.05) is 11.1 Å². The molecule has 1 aromatic heterocycles. The number of ketones is 2. The lowest BCUT2D eigenvalue weighted by molar-refractivity contribution is -0.141. The van der Waals surface area contributed by atoms with E-state index in [0.29, 0.717) is 21.3 Å². The molecule has 0 amide bonds. The Morgan fingerprint density at radius 3 is 1.93 bits per heavy atom. The van der Waals surface area contributed by atoms with E-state index in [1.54, 1.807) is 60.7 Å². The van der Waals surface area contributed by atoms with Gasteiger partial charge in [-0.2, -0.15) is 0 Å². The number of hydrogen-bond donors (Lipinski definition) is 1. The number of hydrogen-bond acceptors (Lipinski definition) is 9. The van der Waals surface area contributed by atoms with Gasteiger partial charge in [0.25, 0.3) is 5.56 Å². The lowest BCUT2D eigenvalue weighted by Crippen LogP contribution is -2.46. The van der Waals surface area contributed by atoms with Crippen LogP contribution in [0.4, 0.5) is 5.82 Å². The Hall–Kier alpha value is -5.58. The molecule has 0 atom stereocenters. The van der Waals surface area contributed by atoms with Crippen LogP contribution in [-0.4, -0.2) is 46.4 Å². The second kappa shape index (κ2) is 12.5. The molecule has 0 fully saturated rings. The molecule has 0 saturated carbocycles. The van der Waals surface area contributed by atoms with E-state index in [1.165, 1.54) is 24.3 Å². The van der Waals surface area contributed by atoms with Crippen LogP contribution in [0.3, 0.4) is 0 Å². The number of carbonyl (C=O) groups is 4. The minimum absolute atomic E-state index is 0.0625. The maximum Gasteiger partial charge on any atom is 0.338 e. The van der Waals surface area contributed by atoms with Gasteiger partial charge in [-0.1, -0.05) is 72.8 Å². The standard InChI is InChI=1S/C30H25N3O8/c1-40-24(35)17-33-28(37)25(27(31)32(30(33)39)16-19-8-4-2-5-9-19)23(34)18-41-29(38)22-14-12-21(13-15-22)26(36)20-10-6-3-7-11-20/h2-15H,16-18,31H2,1H3. The fourth-order valence-electron chi connectivity index (χ4n) is 4.03. The zero-order valence-corrected chi connectivity index (χ0v) is 21.9. The van der Waals surface area contributed by atoms with E-state index < -0.39 is 53.5 Å². The van der Waals surface area contributed by atoms with Crippen molar-refractivity contribution in [3.8, 4) is 0 Å². The molecule has 0 aliphatic heterocycles. The van der Waals surface area contributed by atoms with Crippen LogP contribution in [0.25, 0.3) is 0 Å². The summed E-state index contributed by atoms with van der Waals surface area (Å²) in [7, 11) is 1.09. The van der Waals surface area contributed by atoms with Crippen molar-refractivity contribution in [2.75, 3.05) is 19.5 Å². The minimum atomic E-state index is -1.12. The summed E-state index contributed by atoms with van der Waals surface area (Å²) in [6.45, 7) is -1.72. The first-order chi connectivity index (χ1) is 19.7. The summed E-state index contributed by atoms with van der Waals surface area (Å²) < 4.78 is 11.2. The number of carbonyl (C=O) groups excluding carboxylic acids is 4. The first-order valence-electron chi connectivity index (χ1n) is 12.3. The Morgan fingerprint density at radius 2 is 1.32 bits per heavy atom. The van der Waals surface area contributed by atoms with Gasteiger partial charge in [-0.3, -0.25) is 23.7 Å². The number of aromatic nitrogens is 2. The Kier molecular flexibility index (Phi) is 8.68. The molecule has 0 aliphatic rings. The van der Waals surface area contributed by atoms with Crippen molar-refractivity contribution >= 4 is 29.3 Å². The number of methoxy groups -OCH3 is 1. The van der Waals surface area contributed by atoms with Gasteiger partial charge in [0.05, 0.1) is 19.2 Å². The third-order valence-electron chi connectivity index (χ3n) is 6.20. The van der Waals surface area contributed by atoms with Crippen LogP contribution in [0.1, 0.15) is 42.2 Å². The highest BCUT2D eigenvalue weighted by molar-refractivity contribution is 6.09. The van der Waals surface area contributed by atoms with E-state index in [0.717, 1.165) is 11.7 Å². The van der Waals surface area contributed by atoms with Crippen molar-refractivity contribution in [1.29, 1.82) is 0 Å². The van der Waals surface area contributed by atoms with Gasteiger partial charge in [-0.25, -0.2) is 14.2 Å². The summed E-state index contributed by atoms with van der Waals surface area (Å²) in [6, 6.07) is 22.9. The quantitative estimate of drug-likeness (QED) is 0.229. The van der Waals surface area contributed by atoms with Crippen LogP contribution < -0.4 is 17.0 Å². The summed E-state index contributed by atoms with van der Waals surface area (Å²) in [4.78, 5) is 76.4. The van der Waals surface area contributed by atoms with Crippen molar-refractivity contribution in [3.05, 3.63) is 134 Å². The Morgan fingerprint density at radius 1 is 0.756 bits per heavy atom. The number of rotatable bonds is 10. The number of Topliss-reactive ketones (excluding diaryl/α,β-unsaturated/α-hetero) is 1. The molecular formula is C30H25N3O8. The average Bonchev–Trinajstić information content (AvgIpc) is 3.00. The van der Waals surface area contributed by atoms with Gasteiger partial charge in [-0.05, 0) is 17.7 Å². The van der Waals surface area contributed by atoms with E-state index in [9.17, 15) is 28.8 Å². The molecule has 0 unspecified atom stereocenters.